The lowest BCUT2D eigenvalue weighted by Gasteiger charge is -2.36. The molecule has 4 heteroatoms. The van der Waals surface area contributed by atoms with Gasteiger partial charge in [-0.1, -0.05) is 29.3 Å². The molecular formula is C20H20Cl2N2. The zero-order chi connectivity index (χ0) is 16.3. The van der Waals surface area contributed by atoms with Gasteiger partial charge in [-0.15, -0.1) is 0 Å². The van der Waals surface area contributed by atoms with E-state index in [1.54, 1.807) is 0 Å². The summed E-state index contributed by atoms with van der Waals surface area (Å²) in [5.74, 6) is 0.608. The van der Waals surface area contributed by atoms with Gasteiger partial charge in [-0.3, -0.25) is 0 Å². The number of halogens is 2. The molecule has 0 unspecified atom stereocenters. The maximum absolute atomic E-state index is 6.48. The van der Waals surface area contributed by atoms with Crippen LogP contribution in [0.3, 0.4) is 0 Å². The topological polar surface area (TPSA) is 15.3 Å². The molecule has 3 aliphatic rings. The van der Waals surface area contributed by atoms with Crippen LogP contribution in [0.25, 0.3) is 11.1 Å². The Morgan fingerprint density at radius 2 is 2.04 bits per heavy atom. The van der Waals surface area contributed by atoms with E-state index in [0.29, 0.717) is 17.0 Å². The minimum atomic E-state index is 0.608. The molecule has 0 saturated carbocycles. The lowest BCUT2D eigenvalue weighted by atomic mass is 9.87. The third-order valence-electron chi connectivity index (χ3n) is 5.84. The minimum absolute atomic E-state index is 0.608. The molecule has 2 aromatic carbocycles. The second-order valence-corrected chi connectivity index (χ2v) is 8.00. The summed E-state index contributed by atoms with van der Waals surface area (Å²) in [5, 5.41) is 5.01. The molecule has 1 saturated heterocycles. The molecule has 0 aliphatic carbocycles. The van der Waals surface area contributed by atoms with Gasteiger partial charge in [0.05, 0.1) is 0 Å². The number of piperidine rings is 1. The SMILES string of the molecule is Clc1ccc(-c2cc3c4c(c2)[C@@H]2CNCC[C@@H]2N4CCC3)c(Cl)c1. The summed E-state index contributed by atoms with van der Waals surface area (Å²) in [6, 6.07) is 11.2. The van der Waals surface area contributed by atoms with Gasteiger partial charge in [0.25, 0.3) is 0 Å². The van der Waals surface area contributed by atoms with Crippen molar-refractivity contribution < 1.29 is 0 Å². The van der Waals surface area contributed by atoms with Crippen molar-refractivity contribution in [3.05, 3.63) is 51.5 Å². The second-order valence-electron chi connectivity index (χ2n) is 7.16. The molecule has 1 fully saturated rings. The first-order chi connectivity index (χ1) is 11.7. The van der Waals surface area contributed by atoms with Crippen molar-refractivity contribution in [1.29, 1.82) is 0 Å². The second kappa shape index (κ2) is 5.66. The lowest BCUT2D eigenvalue weighted by molar-refractivity contribution is 0.400. The number of nitrogens with one attached hydrogen (secondary N) is 1. The van der Waals surface area contributed by atoms with Crippen molar-refractivity contribution in [2.75, 3.05) is 24.5 Å². The van der Waals surface area contributed by atoms with Gasteiger partial charge >= 0.3 is 0 Å². The highest BCUT2D eigenvalue weighted by Gasteiger charge is 2.42. The molecule has 5 rings (SSSR count). The summed E-state index contributed by atoms with van der Waals surface area (Å²) in [6.45, 7) is 3.44. The molecule has 0 bridgehead atoms. The number of anilines is 1. The largest absolute Gasteiger partial charge is 0.367 e. The van der Waals surface area contributed by atoms with Crippen molar-refractivity contribution >= 4 is 28.9 Å². The van der Waals surface area contributed by atoms with E-state index in [-0.39, 0.29) is 0 Å². The number of hydrogen-bond donors (Lipinski definition) is 1. The Morgan fingerprint density at radius 1 is 1.12 bits per heavy atom. The van der Waals surface area contributed by atoms with Crippen molar-refractivity contribution in [2.45, 2.75) is 31.2 Å². The molecule has 2 atom stereocenters. The van der Waals surface area contributed by atoms with E-state index in [0.717, 1.165) is 23.7 Å². The molecule has 2 aromatic rings. The van der Waals surface area contributed by atoms with E-state index >= 15 is 0 Å². The molecule has 3 heterocycles. The van der Waals surface area contributed by atoms with E-state index < -0.39 is 0 Å². The Morgan fingerprint density at radius 3 is 2.92 bits per heavy atom. The average molecular weight is 359 g/mol. The van der Waals surface area contributed by atoms with Gasteiger partial charge in [-0.25, -0.2) is 0 Å². The first kappa shape index (κ1) is 15.1. The number of nitrogens with zero attached hydrogens (tertiary/aromatic N) is 1. The van der Waals surface area contributed by atoms with Crippen molar-refractivity contribution in [3.8, 4) is 11.1 Å². The van der Waals surface area contributed by atoms with Crippen LogP contribution >= 0.6 is 23.2 Å². The molecule has 1 N–H and O–H groups in total. The number of hydrogen-bond acceptors (Lipinski definition) is 2. The van der Waals surface area contributed by atoms with E-state index in [4.69, 9.17) is 23.2 Å². The summed E-state index contributed by atoms with van der Waals surface area (Å²) in [5.41, 5.74) is 6.86. The van der Waals surface area contributed by atoms with Gasteiger partial charge in [0.15, 0.2) is 0 Å². The van der Waals surface area contributed by atoms with Crippen molar-refractivity contribution in [1.82, 2.24) is 5.32 Å². The van der Waals surface area contributed by atoms with Crippen LogP contribution in [-0.4, -0.2) is 25.7 Å². The van der Waals surface area contributed by atoms with Gasteiger partial charge in [0.1, 0.15) is 0 Å². The number of benzene rings is 2. The Bertz CT molecular complexity index is 818. The molecule has 0 spiro atoms. The normalized spacial score (nSPS) is 24.7. The third kappa shape index (κ3) is 2.20. The van der Waals surface area contributed by atoms with Crippen LogP contribution in [-0.2, 0) is 6.42 Å². The zero-order valence-corrected chi connectivity index (χ0v) is 15.0. The minimum Gasteiger partial charge on any atom is -0.367 e. The predicted molar refractivity (Wildman–Crippen MR) is 102 cm³/mol. The Kier molecular flexibility index (Phi) is 3.55. The fourth-order valence-electron chi connectivity index (χ4n) is 4.84. The number of aryl methyl sites for hydroxylation is 1. The van der Waals surface area contributed by atoms with E-state index in [2.05, 4.69) is 22.3 Å². The first-order valence-corrected chi connectivity index (χ1v) is 9.57. The monoisotopic (exact) mass is 358 g/mol. The summed E-state index contributed by atoms with van der Waals surface area (Å²) < 4.78 is 0. The Hall–Kier alpha value is -1.22. The highest BCUT2D eigenvalue weighted by atomic mass is 35.5. The molecule has 0 amide bonds. The van der Waals surface area contributed by atoms with Crippen LogP contribution in [0.4, 0.5) is 5.69 Å². The smallest absolute Gasteiger partial charge is 0.0499 e. The Balaban J connectivity index is 1.68. The summed E-state index contributed by atoms with van der Waals surface area (Å²) in [6.07, 6.45) is 3.67. The average Bonchev–Trinajstić information content (AvgIpc) is 2.91. The van der Waals surface area contributed by atoms with Crippen LogP contribution < -0.4 is 10.2 Å². The highest BCUT2D eigenvalue weighted by molar-refractivity contribution is 6.36. The highest BCUT2D eigenvalue weighted by Crippen LogP contribution is 2.49. The van der Waals surface area contributed by atoms with Crippen molar-refractivity contribution in [3.63, 3.8) is 0 Å². The quantitative estimate of drug-likeness (QED) is 0.781. The lowest BCUT2D eigenvalue weighted by Crippen LogP contribution is -2.45. The zero-order valence-electron chi connectivity index (χ0n) is 13.5. The van der Waals surface area contributed by atoms with Crippen LogP contribution in [0.1, 0.15) is 29.9 Å². The number of rotatable bonds is 1. The van der Waals surface area contributed by atoms with Crippen molar-refractivity contribution in [2.24, 2.45) is 0 Å². The molecule has 24 heavy (non-hydrogen) atoms. The van der Waals surface area contributed by atoms with E-state index in [9.17, 15) is 0 Å². The van der Waals surface area contributed by atoms with E-state index in [1.165, 1.54) is 48.2 Å². The van der Waals surface area contributed by atoms with Gasteiger partial charge in [0, 0.05) is 46.3 Å². The van der Waals surface area contributed by atoms with Gasteiger partial charge < -0.3 is 10.2 Å². The van der Waals surface area contributed by atoms with Gasteiger partial charge in [-0.05, 0) is 66.8 Å². The maximum atomic E-state index is 6.48. The predicted octanol–water partition coefficient (Wildman–Crippen LogP) is 4.87. The maximum Gasteiger partial charge on any atom is 0.0499 e. The summed E-state index contributed by atoms with van der Waals surface area (Å²) >= 11 is 12.6. The van der Waals surface area contributed by atoms with Crippen LogP contribution in [0, 0.1) is 0 Å². The number of fused-ring (bicyclic) bond motifs is 3. The standard InChI is InChI=1S/C20H20Cl2N2/c21-14-3-4-15(18(22)10-14)13-8-12-2-1-7-24-19-5-6-23-11-17(19)16(9-13)20(12)24/h3-4,8-10,17,19,23H,1-2,5-7,11H2/t17-,19-/m0/s1. The van der Waals surface area contributed by atoms with Crippen LogP contribution in [0.15, 0.2) is 30.3 Å². The molecule has 2 nitrogen and oxygen atoms in total. The third-order valence-corrected chi connectivity index (χ3v) is 6.39. The summed E-state index contributed by atoms with van der Waals surface area (Å²) in [7, 11) is 0. The fourth-order valence-corrected chi connectivity index (χ4v) is 5.36. The van der Waals surface area contributed by atoms with Gasteiger partial charge in [-0.2, -0.15) is 0 Å². The van der Waals surface area contributed by atoms with Gasteiger partial charge in [0.2, 0.25) is 0 Å². The summed E-state index contributed by atoms with van der Waals surface area (Å²) in [4.78, 5) is 2.69. The fraction of sp³-hybridized carbons (Fsp3) is 0.400. The molecule has 0 radical (unpaired) electrons. The molecule has 124 valence electrons. The Labute approximate surface area is 152 Å². The van der Waals surface area contributed by atoms with Crippen LogP contribution in [0.5, 0.6) is 0 Å². The van der Waals surface area contributed by atoms with E-state index in [1.807, 2.05) is 18.2 Å². The molecule has 3 aliphatic heterocycles. The van der Waals surface area contributed by atoms with Crippen LogP contribution in [0.2, 0.25) is 10.0 Å². The molecule has 0 aromatic heterocycles. The molecular weight excluding hydrogens is 339 g/mol. The first-order valence-electron chi connectivity index (χ1n) is 8.82.